The molecule has 2 rings (SSSR count). The van der Waals surface area contributed by atoms with Crippen molar-refractivity contribution in [3.05, 3.63) is 10.0 Å². The van der Waals surface area contributed by atoms with E-state index in [1.165, 1.54) is 0 Å². The number of aryl methyl sites for hydroxylation is 1. The summed E-state index contributed by atoms with van der Waals surface area (Å²) in [5.74, 6) is 0.632. The number of rotatable bonds is 3. The molecular formula is C10H15ClN2OS. The van der Waals surface area contributed by atoms with Gasteiger partial charge in [-0.3, -0.25) is 0 Å². The second-order valence-electron chi connectivity index (χ2n) is 4.15. The van der Waals surface area contributed by atoms with E-state index in [2.05, 4.69) is 17.1 Å². The summed E-state index contributed by atoms with van der Waals surface area (Å²) in [5, 5.41) is 10.3. The van der Waals surface area contributed by atoms with Gasteiger partial charge in [-0.05, 0) is 20.3 Å². The Morgan fingerprint density at radius 1 is 1.60 bits per heavy atom. The van der Waals surface area contributed by atoms with Crippen molar-refractivity contribution in [1.82, 2.24) is 10.2 Å². The van der Waals surface area contributed by atoms with Crippen LogP contribution in [0.15, 0.2) is 0 Å². The highest BCUT2D eigenvalue weighted by atomic mass is 35.5. The van der Waals surface area contributed by atoms with Gasteiger partial charge in [-0.25, -0.2) is 0 Å². The third-order valence-electron chi connectivity index (χ3n) is 3.17. The summed E-state index contributed by atoms with van der Waals surface area (Å²) in [6.07, 6.45) is 2.14. The Hall–Kier alpha value is -0.190. The highest BCUT2D eigenvalue weighted by Crippen LogP contribution is 2.39. The monoisotopic (exact) mass is 246 g/mol. The summed E-state index contributed by atoms with van der Waals surface area (Å²) in [6.45, 7) is 4.89. The predicted octanol–water partition coefficient (Wildman–Crippen LogP) is 2.42. The Balaban J connectivity index is 2.14. The van der Waals surface area contributed by atoms with Crippen molar-refractivity contribution in [3.63, 3.8) is 0 Å². The number of nitrogens with zero attached hydrogens (tertiary/aromatic N) is 2. The Kier molecular flexibility index (Phi) is 3.28. The van der Waals surface area contributed by atoms with Crippen LogP contribution in [0.3, 0.4) is 0 Å². The molecule has 0 N–H and O–H groups in total. The second-order valence-corrected chi connectivity index (χ2v) is 5.68. The summed E-state index contributed by atoms with van der Waals surface area (Å²) >= 11 is 7.75. The largest absolute Gasteiger partial charge is 0.378 e. The van der Waals surface area contributed by atoms with Gasteiger partial charge in [-0.1, -0.05) is 0 Å². The molecular weight excluding hydrogens is 232 g/mol. The molecule has 0 aromatic carbocycles. The summed E-state index contributed by atoms with van der Waals surface area (Å²) in [4.78, 5) is 0. The number of hydrogen-bond acceptors (Lipinski definition) is 4. The van der Waals surface area contributed by atoms with E-state index in [-0.39, 0.29) is 11.5 Å². The normalized spacial score (nSPS) is 31.0. The third-order valence-corrected chi connectivity index (χ3v) is 4.54. The molecule has 2 unspecified atom stereocenters. The first-order valence-corrected chi connectivity index (χ1v) is 6.48. The SMILES string of the molecule is Cc1nnc(CC2(CCl)CCOC2C)s1. The lowest BCUT2D eigenvalue weighted by molar-refractivity contribution is 0.0735. The number of halogens is 1. The van der Waals surface area contributed by atoms with E-state index in [9.17, 15) is 0 Å². The third kappa shape index (κ3) is 2.17. The molecule has 1 saturated heterocycles. The van der Waals surface area contributed by atoms with E-state index in [1.807, 2.05) is 6.92 Å². The van der Waals surface area contributed by atoms with Gasteiger partial charge < -0.3 is 4.74 Å². The van der Waals surface area contributed by atoms with Crippen LogP contribution in [0.4, 0.5) is 0 Å². The molecule has 1 aromatic heterocycles. The van der Waals surface area contributed by atoms with E-state index in [4.69, 9.17) is 16.3 Å². The van der Waals surface area contributed by atoms with Gasteiger partial charge in [-0.15, -0.1) is 33.1 Å². The lowest BCUT2D eigenvalue weighted by Crippen LogP contribution is -2.33. The predicted molar refractivity (Wildman–Crippen MR) is 61.5 cm³/mol. The first kappa shape index (κ1) is 11.3. The van der Waals surface area contributed by atoms with Crippen molar-refractivity contribution < 1.29 is 4.74 Å². The smallest absolute Gasteiger partial charge is 0.118 e. The molecule has 84 valence electrons. The summed E-state index contributed by atoms with van der Waals surface area (Å²) in [7, 11) is 0. The van der Waals surface area contributed by atoms with Crippen molar-refractivity contribution in [2.45, 2.75) is 32.8 Å². The maximum atomic E-state index is 6.09. The van der Waals surface area contributed by atoms with Gasteiger partial charge in [0.1, 0.15) is 10.0 Å². The van der Waals surface area contributed by atoms with E-state index in [1.54, 1.807) is 11.3 Å². The minimum absolute atomic E-state index is 0.0630. The van der Waals surface area contributed by atoms with Gasteiger partial charge in [0.15, 0.2) is 0 Å². The van der Waals surface area contributed by atoms with Crippen LogP contribution < -0.4 is 0 Å². The number of aromatic nitrogens is 2. The highest BCUT2D eigenvalue weighted by Gasteiger charge is 2.41. The van der Waals surface area contributed by atoms with Crippen LogP contribution in [0.2, 0.25) is 0 Å². The molecule has 0 spiro atoms. The van der Waals surface area contributed by atoms with Crippen molar-refractivity contribution >= 4 is 22.9 Å². The van der Waals surface area contributed by atoms with Crippen LogP contribution in [0.5, 0.6) is 0 Å². The molecule has 1 aliphatic rings. The Morgan fingerprint density at radius 2 is 2.40 bits per heavy atom. The Bertz CT molecular complexity index is 344. The first-order valence-electron chi connectivity index (χ1n) is 5.13. The van der Waals surface area contributed by atoms with Gasteiger partial charge in [0.25, 0.3) is 0 Å². The Labute approximate surface area is 98.8 Å². The zero-order valence-corrected chi connectivity index (χ0v) is 10.6. The molecule has 0 saturated carbocycles. The fourth-order valence-electron chi connectivity index (χ4n) is 1.98. The molecule has 2 atom stereocenters. The minimum atomic E-state index is 0.0630. The van der Waals surface area contributed by atoms with E-state index in [0.717, 1.165) is 29.5 Å². The fourth-order valence-corrected chi connectivity index (χ4v) is 3.29. The maximum Gasteiger partial charge on any atom is 0.118 e. The average Bonchev–Trinajstić information content (AvgIpc) is 2.76. The van der Waals surface area contributed by atoms with Crippen molar-refractivity contribution in [2.75, 3.05) is 12.5 Å². The topological polar surface area (TPSA) is 35.0 Å². The van der Waals surface area contributed by atoms with Crippen molar-refractivity contribution in [2.24, 2.45) is 5.41 Å². The van der Waals surface area contributed by atoms with Crippen LogP contribution in [0.1, 0.15) is 23.4 Å². The zero-order chi connectivity index (χ0) is 10.9. The summed E-state index contributed by atoms with van der Waals surface area (Å²) in [5.41, 5.74) is 0.0630. The van der Waals surface area contributed by atoms with Crippen molar-refractivity contribution in [1.29, 1.82) is 0 Å². The average molecular weight is 247 g/mol. The second kappa shape index (κ2) is 4.36. The van der Waals surface area contributed by atoms with Crippen LogP contribution in [-0.4, -0.2) is 28.8 Å². The first-order chi connectivity index (χ1) is 7.16. The van der Waals surface area contributed by atoms with Gasteiger partial charge in [0.2, 0.25) is 0 Å². The number of hydrogen-bond donors (Lipinski definition) is 0. The van der Waals surface area contributed by atoms with Gasteiger partial charge in [0.05, 0.1) is 6.10 Å². The molecule has 3 nitrogen and oxygen atoms in total. The quantitative estimate of drug-likeness (QED) is 0.769. The molecule has 1 aliphatic heterocycles. The van der Waals surface area contributed by atoms with Gasteiger partial charge >= 0.3 is 0 Å². The summed E-state index contributed by atoms with van der Waals surface area (Å²) in [6, 6.07) is 0. The molecule has 5 heteroatoms. The van der Waals surface area contributed by atoms with Gasteiger partial charge in [-0.2, -0.15) is 0 Å². The lowest BCUT2D eigenvalue weighted by Gasteiger charge is -2.28. The zero-order valence-electron chi connectivity index (χ0n) is 8.99. The lowest BCUT2D eigenvalue weighted by atomic mass is 9.81. The minimum Gasteiger partial charge on any atom is -0.378 e. The maximum absolute atomic E-state index is 6.09. The molecule has 1 aromatic rings. The standard InChI is InChI=1S/C10H15ClN2OS/c1-7-10(6-11,3-4-14-7)5-9-13-12-8(2)15-9/h7H,3-6H2,1-2H3. The number of ether oxygens (including phenoxy) is 1. The highest BCUT2D eigenvalue weighted by molar-refractivity contribution is 7.11. The molecule has 2 heterocycles. The molecule has 0 aliphatic carbocycles. The van der Waals surface area contributed by atoms with Gasteiger partial charge in [0, 0.05) is 24.3 Å². The summed E-state index contributed by atoms with van der Waals surface area (Å²) < 4.78 is 5.61. The molecule has 0 radical (unpaired) electrons. The molecule has 15 heavy (non-hydrogen) atoms. The van der Waals surface area contributed by atoms with E-state index < -0.39 is 0 Å². The van der Waals surface area contributed by atoms with Crippen molar-refractivity contribution in [3.8, 4) is 0 Å². The molecule has 0 amide bonds. The molecule has 1 fully saturated rings. The number of alkyl halides is 1. The fraction of sp³-hybridized carbons (Fsp3) is 0.800. The van der Waals surface area contributed by atoms with E-state index in [0.29, 0.717) is 5.88 Å². The Morgan fingerprint density at radius 3 is 2.87 bits per heavy atom. The van der Waals surface area contributed by atoms with Crippen LogP contribution >= 0.6 is 22.9 Å². The van der Waals surface area contributed by atoms with E-state index >= 15 is 0 Å². The molecule has 0 bridgehead atoms. The van der Waals surface area contributed by atoms with Crippen LogP contribution in [0, 0.1) is 12.3 Å². The van der Waals surface area contributed by atoms with Crippen LogP contribution in [0.25, 0.3) is 0 Å². The van der Waals surface area contributed by atoms with Crippen LogP contribution in [-0.2, 0) is 11.2 Å².